The second kappa shape index (κ2) is 10.4. The van der Waals surface area contributed by atoms with Gasteiger partial charge in [-0.3, -0.25) is 14.6 Å². The third-order valence-corrected chi connectivity index (χ3v) is 5.29. The van der Waals surface area contributed by atoms with Crippen LogP contribution in [0.2, 0.25) is 0 Å². The summed E-state index contributed by atoms with van der Waals surface area (Å²) in [6, 6.07) is 8.17. The Balaban J connectivity index is 0.000000360. The first kappa shape index (κ1) is 24.1. The number of ether oxygens (including phenoxy) is 2. The van der Waals surface area contributed by atoms with Gasteiger partial charge in [0.2, 0.25) is 0 Å². The molecule has 2 saturated heterocycles. The van der Waals surface area contributed by atoms with Crippen molar-refractivity contribution in [1.82, 2.24) is 19.7 Å². The molecule has 2 aliphatic heterocycles. The summed E-state index contributed by atoms with van der Waals surface area (Å²) >= 11 is 0. The standard InChI is InChI=1S/C19H26N4O2.C2HF3O2/c1-16-4-2-5-17(21-16)12-22-10-11-24-15-19(14-22)7-6-18(25-19)13-23-9-3-8-20-23;3-2(4,5)1(6)7/h2-5,8-9,18H,6-7,10-15H2,1H3;(H,6,7). The molecule has 4 heterocycles. The van der Waals surface area contributed by atoms with Crippen LogP contribution in [0.25, 0.3) is 0 Å². The van der Waals surface area contributed by atoms with Crippen molar-refractivity contribution < 1.29 is 32.5 Å². The first-order chi connectivity index (χ1) is 15.2. The van der Waals surface area contributed by atoms with E-state index in [1.165, 1.54) is 0 Å². The number of alkyl halides is 3. The van der Waals surface area contributed by atoms with E-state index in [0.717, 1.165) is 57.0 Å². The minimum absolute atomic E-state index is 0.196. The summed E-state index contributed by atoms with van der Waals surface area (Å²) in [4.78, 5) is 16.0. The molecular formula is C21H27F3N4O4. The fraction of sp³-hybridized carbons (Fsp3) is 0.571. The maximum Gasteiger partial charge on any atom is 0.490 e. The number of nitrogens with zero attached hydrogens (tertiary/aromatic N) is 4. The van der Waals surface area contributed by atoms with Gasteiger partial charge in [0, 0.05) is 37.7 Å². The molecule has 2 fully saturated rings. The van der Waals surface area contributed by atoms with E-state index >= 15 is 0 Å². The molecule has 2 aliphatic rings. The number of rotatable bonds is 4. The Bertz CT molecular complexity index is 878. The lowest BCUT2D eigenvalue weighted by Crippen LogP contribution is -2.44. The van der Waals surface area contributed by atoms with Crippen LogP contribution in [0.4, 0.5) is 13.2 Å². The van der Waals surface area contributed by atoms with Gasteiger partial charge in [0.1, 0.15) is 5.60 Å². The Morgan fingerprint density at radius 1 is 1.34 bits per heavy atom. The first-order valence-corrected chi connectivity index (χ1v) is 10.3. The summed E-state index contributed by atoms with van der Waals surface area (Å²) < 4.78 is 46.1. The summed E-state index contributed by atoms with van der Waals surface area (Å²) in [7, 11) is 0. The summed E-state index contributed by atoms with van der Waals surface area (Å²) in [5, 5.41) is 11.4. The molecule has 0 saturated carbocycles. The van der Waals surface area contributed by atoms with Crippen LogP contribution in [0.5, 0.6) is 0 Å². The number of halogens is 3. The van der Waals surface area contributed by atoms with Crippen molar-refractivity contribution >= 4 is 5.97 Å². The number of aryl methyl sites for hydroxylation is 1. The number of aliphatic carboxylic acids is 1. The van der Waals surface area contributed by atoms with Gasteiger partial charge in [-0.15, -0.1) is 0 Å². The van der Waals surface area contributed by atoms with E-state index in [1.807, 2.05) is 36.1 Å². The lowest BCUT2D eigenvalue weighted by atomic mass is 10.00. The average Bonchev–Trinajstić information content (AvgIpc) is 3.31. The van der Waals surface area contributed by atoms with E-state index in [0.29, 0.717) is 6.61 Å². The van der Waals surface area contributed by atoms with E-state index in [1.54, 1.807) is 0 Å². The highest BCUT2D eigenvalue weighted by Gasteiger charge is 2.43. The van der Waals surface area contributed by atoms with Gasteiger partial charge >= 0.3 is 12.1 Å². The molecule has 2 aromatic rings. The van der Waals surface area contributed by atoms with Gasteiger partial charge in [-0.25, -0.2) is 4.79 Å². The molecule has 2 aromatic heterocycles. The predicted molar refractivity (Wildman–Crippen MR) is 108 cm³/mol. The maximum atomic E-state index is 10.6. The largest absolute Gasteiger partial charge is 0.490 e. The Hall–Kier alpha value is -2.50. The van der Waals surface area contributed by atoms with E-state index in [4.69, 9.17) is 19.4 Å². The molecule has 2 unspecified atom stereocenters. The van der Waals surface area contributed by atoms with E-state index < -0.39 is 12.1 Å². The van der Waals surface area contributed by atoms with Crippen LogP contribution < -0.4 is 0 Å². The highest BCUT2D eigenvalue weighted by atomic mass is 19.4. The normalized spacial score (nSPS) is 24.1. The highest BCUT2D eigenvalue weighted by Crippen LogP contribution is 2.34. The second-order valence-electron chi connectivity index (χ2n) is 8.03. The molecule has 1 N–H and O–H groups in total. The van der Waals surface area contributed by atoms with Crippen LogP contribution >= 0.6 is 0 Å². The molecule has 2 atom stereocenters. The molecule has 8 nitrogen and oxygen atoms in total. The van der Waals surface area contributed by atoms with Crippen LogP contribution in [0.1, 0.15) is 24.2 Å². The van der Waals surface area contributed by atoms with Crippen molar-refractivity contribution in [3.05, 3.63) is 48.0 Å². The minimum Gasteiger partial charge on any atom is -0.475 e. The topological polar surface area (TPSA) is 89.7 Å². The number of carboxylic acid groups (broad SMARTS) is 1. The van der Waals surface area contributed by atoms with Crippen molar-refractivity contribution in [3.8, 4) is 0 Å². The molecule has 0 amide bonds. The average molecular weight is 456 g/mol. The van der Waals surface area contributed by atoms with Crippen molar-refractivity contribution in [2.45, 2.75) is 50.7 Å². The van der Waals surface area contributed by atoms with Gasteiger partial charge in [0.25, 0.3) is 0 Å². The molecule has 0 aliphatic carbocycles. The van der Waals surface area contributed by atoms with Crippen LogP contribution in [0, 0.1) is 6.92 Å². The minimum atomic E-state index is -5.08. The second-order valence-corrected chi connectivity index (χ2v) is 8.03. The SMILES string of the molecule is Cc1cccc(CN2CCOCC3(CCC(Cn4cccn4)O3)C2)n1.O=C(O)C(F)(F)F. The van der Waals surface area contributed by atoms with Crippen molar-refractivity contribution in [2.75, 3.05) is 26.3 Å². The Kier molecular flexibility index (Phi) is 7.86. The lowest BCUT2D eigenvalue weighted by molar-refractivity contribution is -0.192. The van der Waals surface area contributed by atoms with Gasteiger partial charge in [-0.1, -0.05) is 6.07 Å². The predicted octanol–water partition coefficient (Wildman–Crippen LogP) is 2.67. The smallest absolute Gasteiger partial charge is 0.475 e. The molecule has 0 radical (unpaired) electrons. The fourth-order valence-electron chi connectivity index (χ4n) is 3.90. The summed E-state index contributed by atoms with van der Waals surface area (Å²) in [6.07, 6.45) is 1.03. The van der Waals surface area contributed by atoms with Crippen molar-refractivity contribution in [3.63, 3.8) is 0 Å². The number of hydrogen-bond acceptors (Lipinski definition) is 6. The quantitative estimate of drug-likeness (QED) is 0.757. The zero-order chi connectivity index (χ0) is 23.2. The summed E-state index contributed by atoms with van der Waals surface area (Å²) in [6.45, 7) is 6.95. The Labute approximate surface area is 183 Å². The highest BCUT2D eigenvalue weighted by molar-refractivity contribution is 5.73. The van der Waals surface area contributed by atoms with Gasteiger partial charge in [-0.2, -0.15) is 18.3 Å². The van der Waals surface area contributed by atoms with E-state index in [9.17, 15) is 13.2 Å². The number of aromatic nitrogens is 3. The summed E-state index contributed by atoms with van der Waals surface area (Å²) in [5.74, 6) is -2.76. The molecule has 0 bridgehead atoms. The fourth-order valence-corrected chi connectivity index (χ4v) is 3.90. The van der Waals surface area contributed by atoms with Gasteiger partial charge in [0.05, 0.1) is 31.6 Å². The van der Waals surface area contributed by atoms with Crippen molar-refractivity contribution in [1.29, 1.82) is 0 Å². The molecule has 32 heavy (non-hydrogen) atoms. The van der Waals surface area contributed by atoms with Crippen LogP contribution in [-0.2, 0) is 27.4 Å². The van der Waals surface area contributed by atoms with Crippen LogP contribution in [-0.4, -0.2) is 74.9 Å². The summed E-state index contributed by atoms with van der Waals surface area (Å²) in [5.41, 5.74) is 1.98. The number of pyridine rings is 1. The zero-order valence-electron chi connectivity index (χ0n) is 17.8. The van der Waals surface area contributed by atoms with Gasteiger partial charge in [-0.05, 0) is 38.0 Å². The maximum absolute atomic E-state index is 10.6. The zero-order valence-corrected chi connectivity index (χ0v) is 17.8. The molecular weight excluding hydrogens is 429 g/mol. The van der Waals surface area contributed by atoms with Gasteiger partial charge < -0.3 is 14.6 Å². The van der Waals surface area contributed by atoms with E-state index in [2.05, 4.69) is 27.1 Å². The third kappa shape index (κ3) is 7.01. The molecule has 0 aromatic carbocycles. The lowest BCUT2D eigenvalue weighted by Gasteiger charge is -2.31. The Morgan fingerprint density at radius 3 is 2.78 bits per heavy atom. The molecule has 176 valence electrons. The number of carboxylic acids is 1. The monoisotopic (exact) mass is 456 g/mol. The Morgan fingerprint density at radius 2 is 2.12 bits per heavy atom. The van der Waals surface area contributed by atoms with Crippen molar-refractivity contribution in [2.24, 2.45) is 0 Å². The number of hydrogen-bond donors (Lipinski definition) is 1. The molecule has 1 spiro atoms. The first-order valence-electron chi connectivity index (χ1n) is 10.3. The van der Waals surface area contributed by atoms with Crippen LogP contribution in [0.15, 0.2) is 36.7 Å². The molecule has 4 rings (SSSR count). The third-order valence-electron chi connectivity index (χ3n) is 5.29. The van der Waals surface area contributed by atoms with E-state index in [-0.39, 0.29) is 11.7 Å². The number of carbonyl (C=O) groups is 1. The van der Waals surface area contributed by atoms with Gasteiger partial charge in [0.15, 0.2) is 0 Å². The molecule has 11 heteroatoms. The van der Waals surface area contributed by atoms with Crippen LogP contribution in [0.3, 0.4) is 0 Å².